The largest absolute Gasteiger partial charge is 0.489 e. The van der Waals surface area contributed by atoms with E-state index in [9.17, 15) is 13.2 Å². The summed E-state index contributed by atoms with van der Waals surface area (Å²) in [4.78, 5) is 0. The van der Waals surface area contributed by atoms with Gasteiger partial charge in [0.05, 0.1) is 4.47 Å². The minimum absolute atomic E-state index is 0.134. The van der Waals surface area contributed by atoms with E-state index in [0.29, 0.717) is 22.3 Å². The summed E-state index contributed by atoms with van der Waals surface area (Å²) in [7, 11) is 0. The highest BCUT2D eigenvalue weighted by molar-refractivity contribution is 9.10. The fraction of sp³-hybridized carbons (Fsp3) is 0.571. The molecule has 2 N–H and O–H groups in total. The molecule has 120 valence electrons. The molecular formula is C14H19BrF3NO2. The summed E-state index contributed by atoms with van der Waals surface area (Å²) in [6.07, 6.45) is -7.20. The number of aliphatic hydroxyl groups is 1. The molecule has 1 aromatic rings. The number of aliphatic hydroxyl groups excluding tert-OH is 1. The molecule has 3 nitrogen and oxygen atoms in total. The van der Waals surface area contributed by atoms with Gasteiger partial charge in [0.1, 0.15) is 12.4 Å². The summed E-state index contributed by atoms with van der Waals surface area (Å²) in [5.41, 5.74) is 0.583. The van der Waals surface area contributed by atoms with Crippen molar-refractivity contribution in [1.82, 2.24) is 5.32 Å². The Bertz CT molecular complexity index is 472. The third-order valence-corrected chi connectivity index (χ3v) is 3.25. The average molecular weight is 370 g/mol. The zero-order chi connectivity index (χ0) is 16.3. The van der Waals surface area contributed by atoms with Crippen LogP contribution in [0.1, 0.15) is 26.3 Å². The van der Waals surface area contributed by atoms with Crippen LogP contribution >= 0.6 is 15.9 Å². The number of hydrogen-bond acceptors (Lipinski definition) is 3. The van der Waals surface area contributed by atoms with Gasteiger partial charge in [-0.3, -0.25) is 0 Å². The SMILES string of the molecule is CC(C)(C)NCc1cccc(Br)c1OCC(O)C(F)(F)F. The van der Waals surface area contributed by atoms with Gasteiger partial charge in [-0.25, -0.2) is 0 Å². The summed E-state index contributed by atoms with van der Waals surface area (Å²) in [6.45, 7) is 5.56. The van der Waals surface area contributed by atoms with Gasteiger partial charge in [0, 0.05) is 17.6 Å². The van der Waals surface area contributed by atoms with Crippen LogP contribution in [-0.2, 0) is 6.54 Å². The molecule has 1 unspecified atom stereocenters. The lowest BCUT2D eigenvalue weighted by molar-refractivity contribution is -0.210. The number of halogens is 4. The van der Waals surface area contributed by atoms with Gasteiger partial charge >= 0.3 is 6.18 Å². The molecule has 0 aliphatic rings. The van der Waals surface area contributed by atoms with Crippen LogP contribution in [-0.4, -0.2) is 29.5 Å². The highest BCUT2D eigenvalue weighted by Crippen LogP contribution is 2.30. The maximum atomic E-state index is 12.3. The zero-order valence-corrected chi connectivity index (χ0v) is 13.7. The first kappa shape index (κ1) is 18.3. The Morgan fingerprint density at radius 3 is 2.43 bits per heavy atom. The molecule has 0 saturated carbocycles. The molecule has 0 radical (unpaired) electrons. The van der Waals surface area contributed by atoms with Crippen LogP contribution < -0.4 is 10.1 Å². The zero-order valence-electron chi connectivity index (χ0n) is 12.1. The highest BCUT2D eigenvalue weighted by atomic mass is 79.9. The maximum Gasteiger partial charge on any atom is 0.417 e. The van der Waals surface area contributed by atoms with E-state index >= 15 is 0 Å². The third-order valence-electron chi connectivity index (χ3n) is 2.62. The van der Waals surface area contributed by atoms with E-state index in [1.807, 2.05) is 20.8 Å². The molecule has 0 aromatic heterocycles. The monoisotopic (exact) mass is 369 g/mol. The molecular weight excluding hydrogens is 351 g/mol. The lowest BCUT2D eigenvalue weighted by Gasteiger charge is -2.23. The van der Waals surface area contributed by atoms with Crippen molar-refractivity contribution >= 4 is 15.9 Å². The van der Waals surface area contributed by atoms with Crippen LogP contribution in [0, 0.1) is 0 Å². The van der Waals surface area contributed by atoms with Gasteiger partial charge in [-0.05, 0) is 42.8 Å². The van der Waals surface area contributed by atoms with Crippen LogP contribution in [0.5, 0.6) is 5.75 Å². The van der Waals surface area contributed by atoms with Crippen LogP contribution in [0.3, 0.4) is 0 Å². The first-order valence-electron chi connectivity index (χ1n) is 6.40. The Labute approximate surface area is 130 Å². The quantitative estimate of drug-likeness (QED) is 0.832. The van der Waals surface area contributed by atoms with Crippen molar-refractivity contribution in [3.8, 4) is 5.75 Å². The van der Waals surface area contributed by atoms with Gasteiger partial charge in [-0.2, -0.15) is 13.2 Å². The van der Waals surface area contributed by atoms with Crippen molar-refractivity contribution in [1.29, 1.82) is 0 Å². The van der Waals surface area contributed by atoms with Gasteiger partial charge in [-0.1, -0.05) is 12.1 Å². The molecule has 0 fully saturated rings. The molecule has 0 bridgehead atoms. The number of rotatable bonds is 5. The van der Waals surface area contributed by atoms with Crippen molar-refractivity contribution in [3.63, 3.8) is 0 Å². The Morgan fingerprint density at radius 2 is 1.90 bits per heavy atom. The number of para-hydroxylation sites is 1. The minimum Gasteiger partial charge on any atom is -0.489 e. The van der Waals surface area contributed by atoms with E-state index in [1.165, 1.54) is 0 Å². The van der Waals surface area contributed by atoms with Crippen molar-refractivity contribution in [2.45, 2.75) is 45.1 Å². The third kappa shape index (κ3) is 6.23. The summed E-state index contributed by atoms with van der Waals surface area (Å²) in [6, 6.07) is 5.21. The van der Waals surface area contributed by atoms with E-state index < -0.39 is 18.9 Å². The van der Waals surface area contributed by atoms with Crippen LogP contribution in [0.4, 0.5) is 13.2 Å². The number of alkyl halides is 3. The van der Waals surface area contributed by atoms with Crippen molar-refractivity contribution < 1.29 is 23.0 Å². The normalized spacial score (nSPS) is 14.1. The number of benzene rings is 1. The van der Waals surface area contributed by atoms with Crippen molar-refractivity contribution in [3.05, 3.63) is 28.2 Å². The van der Waals surface area contributed by atoms with Crippen LogP contribution in [0.2, 0.25) is 0 Å². The summed E-state index contributed by atoms with van der Waals surface area (Å²) < 4.78 is 42.6. The summed E-state index contributed by atoms with van der Waals surface area (Å²) in [5, 5.41) is 12.2. The molecule has 7 heteroatoms. The molecule has 1 atom stereocenters. The smallest absolute Gasteiger partial charge is 0.417 e. The van der Waals surface area contributed by atoms with Gasteiger partial charge in [-0.15, -0.1) is 0 Å². The summed E-state index contributed by atoms with van der Waals surface area (Å²) >= 11 is 3.25. The first-order chi connectivity index (χ1) is 9.50. The second-order valence-corrected chi connectivity index (χ2v) is 6.55. The molecule has 0 aliphatic heterocycles. The number of ether oxygens (including phenoxy) is 1. The minimum atomic E-state index is -4.69. The van der Waals surface area contributed by atoms with Gasteiger partial charge < -0.3 is 15.2 Å². The number of nitrogens with one attached hydrogen (secondary N) is 1. The molecule has 0 aliphatic carbocycles. The van der Waals surface area contributed by atoms with E-state index in [1.54, 1.807) is 18.2 Å². The van der Waals surface area contributed by atoms with Gasteiger partial charge in [0.15, 0.2) is 6.10 Å². The lowest BCUT2D eigenvalue weighted by Crippen LogP contribution is -2.36. The second kappa shape index (κ2) is 6.98. The molecule has 0 heterocycles. The van der Waals surface area contributed by atoms with E-state index in [-0.39, 0.29) is 5.54 Å². The predicted octanol–water partition coefficient (Wildman–Crippen LogP) is 3.64. The topological polar surface area (TPSA) is 41.5 Å². The molecule has 0 saturated heterocycles. The van der Waals surface area contributed by atoms with E-state index in [0.717, 1.165) is 0 Å². The van der Waals surface area contributed by atoms with Crippen LogP contribution in [0.25, 0.3) is 0 Å². The average Bonchev–Trinajstić information content (AvgIpc) is 2.32. The predicted molar refractivity (Wildman–Crippen MR) is 78.3 cm³/mol. The van der Waals surface area contributed by atoms with Gasteiger partial charge in [0.25, 0.3) is 0 Å². The Morgan fingerprint density at radius 1 is 1.29 bits per heavy atom. The van der Waals surface area contributed by atoms with E-state index in [4.69, 9.17) is 9.84 Å². The second-order valence-electron chi connectivity index (χ2n) is 5.70. The van der Waals surface area contributed by atoms with E-state index in [2.05, 4.69) is 21.2 Å². The molecule has 0 amide bonds. The first-order valence-corrected chi connectivity index (χ1v) is 7.20. The molecule has 1 aromatic carbocycles. The Hall–Kier alpha value is -0.790. The molecule has 21 heavy (non-hydrogen) atoms. The highest BCUT2D eigenvalue weighted by Gasteiger charge is 2.38. The standard InChI is InChI=1S/C14H19BrF3NO2/c1-13(2,3)19-7-9-5-4-6-10(15)12(9)21-8-11(20)14(16,17)18/h4-6,11,19-20H,7-8H2,1-3H3. The van der Waals surface area contributed by atoms with Crippen molar-refractivity contribution in [2.24, 2.45) is 0 Å². The van der Waals surface area contributed by atoms with Crippen molar-refractivity contribution in [2.75, 3.05) is 6.61 Å². The fourth-order valence-corrected chi connectivity index (χ4v) is 1.99. The summed E-state index contributed by atoms with van der Waals surface area (Å²) in [5.74, 6) is 0.303. The Kier molecular flexibility index (Phi) is 6.07. The molecule has 1 rings (SSSR count). The fourth-order valence-electron chi connectivity index (χ4n) is 1.47. The Balaban J connectivity index is 2.81. The molecule has 0 spiro atoms. The van der Waals surface area contributed by atoms with Crippen LogP contribution in [0.15, 0.2) is 22.7 Å². The number of hydrogen-bond donors (Lipinski definition) is 2. The van der Waals surface area contributed by atoms with Gasteiger partial charge in [0.2, 0.25) is 0 Å². The maximum absolute atomic E-state index is 12.3. The lowest BCUT2D eigenvalue weighted by atomic mass is 10.1.